The van der Waals surface area contributed by atoms with Crippen molar-refractivity contribution in [1.29, 1.82) is 0 Å². The first-order valence-corrected chi connectivity index (χ1v) is 9.79. The summed E-state index contributed by atoms with van der Waals surface area (Å²) in [6.45, 7) is 1.90. The molecule has 1 aromatic carbocycles. The summed E-state index contributed by atoms with van der Waals surface area (Å²) in [5, 5.41) is 21.2. The molecule has 0 saturated heterocycles. The van der Waals surface area contributed by atoms with Crippen LogP contribution in [0, 0.1) is 0 Å². The third kappa shape index (κ3) is 4.61. The Labute approximate surface area is 182 Å². The van der Waals surface area contributed by atoms with Gasteiger partial charge in [-0.1, -0.05) is 6.92 Å². The SMILES string of the molecule is CC(c1c(S)ccc(C(=O)N[C@@H](CCC(=O)O)C(=O)O)c1N)c1c[nH]c2ncncc12. The number of aromatic nitrogens is 3. The van der Waals surface area contributed by atoms with E-state index in [9.17, 15) is 19.5 Å². The van der Waals surface area contributed by atoms with E-state index >= 15 is 0 Å². The second-order valence-electron chi connectivity index (χ2n) is 7.01. The second kappa shape index (κ2) is 9.04. The molecular weight excluding hydrogens is 422 g/mol. The van der Waals surface area contributed by atoms with Gasteiger partial charge in [-0.15, -0.1) is 12.6 Å². The maximum atomic E-state index is 12.8. The number of H-pyrrole nitrogens is 1. The number of nitrogen functional groups attached to an aromatic ring is 1. The molecule has 31 heavy (non-hydrogen) atoms. The molecule has 1 unspecified atom stereocenters. The summed E-state index contributed by atoms with van der Waals surface area (Å²) in [7, 11) is 0. The molecule has 6 N–H and O–H groups in total. The number of carboxylic acids is 2. The van der Waals surface area contributed by atoms with Crippen molar-refractivity contribution < 1.29 is 24.6 Å². The molecule has 3 aromatic rings. The molecule has 0 fully saturated rings. The number of carbonyl (C=O) groups is 3. The van der Waals surface area contributed by atoms with E-state index in [1.54, 1.807) is 18.5 Å². The number of aromatic amines is 1. The fourth-order valence-electron chi connectivity index (χ4n) is 3.43. The molecule has 2 heterocycles. The van der Waals surface area contributed by atoms with Crippen LogP contribution in [-0.4, -0.2) is 49.1 Å². The Bertz CT molecular complexity index is 1160. The van der Waals surface area contributed by atoms with Gasteiger partial charge in [0.25, 0.3) is 5.91 Å². The Morgan fingerprint density at radius 3 is 2.71 bits per heavy atom. The molecule has 3 rings (SSSR count). The Morgan fingerprint density at radius 1 is 1.29 bits per heavy atom. The van der Waals surface area contributed by atoms with Gasteiger partial charge in [-0.25, -0.2) is 14.8 Å². The van der Waals surface area contributed by atoms with Crippen LogP contribution in [0.2, 0.25) is 0 Å². The molecule has 11 heteroatoms. The van der Waals surface area contributed by atoms with E-state index in [1.165, 1.54) is 12.4 Å². The molecule has 0 radical (unpaired) electrons. The third-order valence-electron chi connectivity index (χ3n) is 5.05. The summed E-state index contributed by atoms with van der Waals surface area (Å²) < 4.78 is 0. The Balaban J connectivity index is 1.93. The normalized spacial score (nSPS) is 13.0. The van der Waals surface area contributed by atoms with Crippen LogP contribution in [0.1, 0.15) is 47.2 Å². The van der Waals surface area contributed by atoms with Gasteiger partial charge in [0.05, 0.1) is 5.56 Å². The number of carbonyl (C=O) groups excluding carboxylic acids is 1. The largest absolute Gasteiger partial charge is 0.481 e. The molecule has 0 spiro atoms. The van der Waals surface area contributed by atoms with Crippen molar-refractivity contribution in [2.24, 2.45) is 0 Å². The number of amides is 1. The van der Waals surface area contributed by atoms with E-state index in [0.717, 1.165) is 10.9 Å². The lowest BCUT2D eigenvalue weighted by Gasteiger charge is -2.20. The van der Waals surface area contributed by atoms with Crippen molar-refractivity contribution in [3.8, 4) is 0 Å². The number of hydrogen-bond acceptors (Lipinski definition) is 7. The van der Waals surface area contributed by atoms with Gasteiger partial charge in [-0.2, -0.15) is 0 Å². The van der Waals surface area contributed by atoms with Crippen LogP contribution in [0.3, 0.4) is 0 Å². The fourth-order valence-corrected chi connectivity index (χ4v) is 3.82. The minimum absolute atomic E-state index is 0.0808. The highest BCUT2D eigenvalue weighted by Gasteiger charge is 2.26. The topological polar surface area (TPSA) is 171 Å². The summed E-state index contributed by atoms with van der Waals surface area (Å²) in [6.07, 6.45) is 4.25. The number of rotatable bonds is 8. The smallest absolute Gasteiger partial charge is 0.326 e. The number of benzene rings is 1. The zero-order chi connectivity index (χ0) is 22.7. The first kappa shape index (κ1) is 22.1. The van der Waals surface area contributed by atoms with Gasteiger partial charge in [-0.3, -0.25) is 9.59 Å². The van der Waals surface area contributed by atoms with E-state index in [2.05, 4.69) is 32.9 Å². The monoisotopic (exact) mass is 443 g/mol. The van der Waals surface area contributed by atoms with Crippen molar-refractivity contribution in [1.82, 2.24) is 20.3 Å². The number of anilines is 1. The van der Waals surface area contributed by atoms with Crippen molar-refractivity contribution in [3.63, 3.8) is 0 Å². The predicted octanol–water partition coefficient (Wildman–Crippen LogP) is 2.03. The minimum Gasteiger partial charge on any atom is -0.481 e. The van der Waals surface area contributed by atoms with Crippen LogP contribution in [0.5, 0.6) is 0 Å². The van der Waals surface area contributed by atoms with Gasteiger partial charge >= 0.3 is 11.9 Å². The highest BCUT2D eigenvalue weighted by atomic mass is 32.1. The summed E-state index contributed by atoms with van der Waals surface area (Å²) in [5.74, 6) is -3.47. The standard InChI is InChI=1S/C20H21N5O5S/c1-9(11-7-23-18-12(11)6-22-8-24-18)16-14(31)4-2-10(17(16)21)19(28)25-13(20(29)30)3-5-15(26)27/h2,4,6-9,13,31H,3,5,21H2,1H3,(H,25,28)(H,26,27)(H,29,30)(H,22,23,24)/t9?,13-/m0/s1. The number of nitrogens with zero attached hydrogens (tertiary/aromatic N) is 2. The van der Waals surface area contributed by atoms with Crippen LogP contribution in [0.15, 0.2) is 35.7 Å². The summed E-state index contributed by atoms with van der Waals surface area (Å²) in [4.78, 5) is 46.8. The van der Waals surface area contributed by atoms with Gasteiger partial charge in [0, 0.05) is 40.7 Å². The van der Waals surface area contributed by atoms with Crippen molar-refractivity contribution >= 4 is 47.2 Å². The minimum atomic E-state index is -1.36. The number of aliphatic carboxylic acids is 2. The fraction of sp³-hybridized carbons (Fsp3) is 0.250. The number of nitrogens with one attached hydrogen (secondary N) is 2. The molecule has 0 saturated carbocycles. The van der Waals surface area contributed by atoms with Gasteiger partial charge in [-0.05, 0) is 29.7 Å². The van der Waals surface area contributed by atoms with Crippen LogP contribution in [-0.2, 0) is 9.59 Å². The average molecular weight is 443 g/mol. The van der Waals surface area contributed by atoms with Crippen LogP contribution in [0.4, 0.5) is 5.69 Å². The van der Waals surface area contributed by atoms with Crippen molar-refractivity contribution in [3.05, 3.63) is 47.5 Å². The second-order valence-corrected chi connectivity index (χ2v) is 7.49. The molecule has 0 aliphatic carbocycles. The van der Waals surface area contributed by atoms with Crippen LogP contribution in [0.25, 0.3) is 11.0 Å². The molecule has 2 aromatic heterocycles. The lowest BCUT2D eigenvalue weighted by Crippen LogP contribution is -2.41. The number of carboxylic acid groups (broad SMARTS) is 2. The van der Waals surface area contributed by atoms with Crippen LogP contribution < -0.4 is 11.1 Å². The number of fused-ring (bicyclic) bond motifs is 1. The zero-order valence-electron chi connectivity index (χ0n) is 16.5. The van der Waals surface area contributed by atoms with Gasteiger partial charge in [0.1, 0.15) is 18.0 Å². The molecule has 10 nitrogen and oxygen atoms in total. The Kier molecular flexibility index (Phi) is 6.44. The van der Waals surface area contributed by atoms with E-state index in [0.29, 0.717) is 16.1 Å². The lowest BCUT2D eigenvalue weighted by atomic mass is 9.90. The summed E-state index contributed by atoms with van der Waals surface area (Å²) >= 11 is 4.49. The summed E-state index contributed by atoms with van der Waals surface area (Å²) in [5.41, 5.74) is 8.67. The maximum absolute atomic E-state index is 12.8. The van der Waals surface area contributed by atoms with Crippen LogP contribution >= 0.6 is 12.6 Å². The Hall–Kier alpha value is -3.60. The first-order chi connectivity index (χ1) is 14.7. The number of nitrogens with two attached hydrogens (primary N) is 1. The molecule has 0 aliphatic heterocycles. The number of thiol groups is 1. The maximum Gasteiger partial charge on any atom is 0.326 e. The molecule has 0 aliphatic rings. The van der Waals surface area contributed by atoms with Gasteiger partial charge < -0.3 is 26.2 Å². The predicted molar refractivity (Wildman–Crippen MR) is 115 cm³/mol. The van der Waals surface area contributed by atoms with E-state index < -0.39 is 30.3 Å². The Morgan fingerprint density at radius 2 is 2.03 bits per heavy atom. The van der Waals surface area contributed by atoms with E-state index in [4.69, 9.17) is 10.8 Å². The highest BCUT2D eigenvalue weighted by molar-refractivity contribution is 7.80. The lowest BCUT2D eigenvalue weighted by molar-refractivity contribution is -0.140. The van der Waals surface area contributed by atoms with E-state index in [1.807, 2.05) is 6.92 Å². The molecule has 1 amide bonds. The molecular formula is C20H21N5O5S. The van der Waals surface area contributed by atoms with Gasteiger partial charge in [0.2, 0.25) is 0 Å². The summed E-state index contributed by atoms with van der Waals surface area (Å²) in [6, 6.07) is 1.71. The van der Waals surface area contributed by atoms with Crippen molar-refractivity contribution in [2.75, 3.05) is 5.73 Å². The van der Waals surface area contributed by atoms with Gasteiger partial charge in [0.15, 0.2) is 0 Å². The molecule has 2 atom stereocenters. The zero-order valence-corrected chi connectivity index (χ0v) is 17.4. The first-order valence-electron chi connectivity index (χ1n) is 9.34. The molecule has 0 bridgehead atoms. The van der Waals surface area contributed by atoms with E-state index in [-0.39, 0.29) is 23.6 Å². The number of hydrogen-bond donors (Lipinski definition) is 6. The molecule has 162 valence electrons. The quantitative estimate of drug-likeness (QED) is 0.227. The highest BCUT2D eigenvalue weighted by Crippen LogP contribution is 2.37. The average Bonchev–Trinajstić information content (AvgIpc) is 3.14. The third-order valence-corrected chi connectivity index (χ3v) is 5.44. The van der Waals surface area contributed by atoms with Crippen molar-refractivity contribution in [2.45, 2.75) is 36.6 Å².